The number of carbonyl (C=O) groups excluding carboxylic acids is 2. The zero-order valence-corrected chi connectivity index (χ0v) is 14.2. The van der Waals surface area contributed by atoms with Crippen molar-refractivity contribution in [1.29, 1.82) is 0 Å². The second kappa shape index (κ2) is 12.7. The number of hydrogen-bond donors (Lipinski definition) is 0. The number of ether oxygens (including phenoxy) is 2. The van der Waals surface area contributed by atoms with Crippen LogP contribution in [-0.2, 0) is 19.1 Å². The van der Waals surface area contributed by atoms with Gasteiger partial charge in [-0.3, -0.25) is 9.59 Å². The molecule has 0 aliphatic rings. The van der Waals surface area contributed by atoms with Crippen molar-refractivity contribution in [2.24, 2.45) is 11.8 Å². The highest BCUT2D eigenvalue weighted by atomic mass is 16.7. The fourth-order valence-electron chi connectivity index (χ4n) is 2.54. The predicted molar refractivity (Wildman–Crippen MR) is 83.7 cm³/mol. The molecule has 0 N–H and O–H groups in total. The molecule has 0 amide bonds. The molecule has 0 aromatic heterocycles. The van der Waals surface area contributed by atoms with Crippen LogP contribution < -0.4 is 0 Å². The Morgan fingerprint density at radius 3 is 1.19 bits per heavy atom. The molecule has 0 radical (unpaired) electrons. The van der Waals surface area contributed by atoms with Crippen LogP contribution in [0.25, 0.3) is 0 Å². The van der Waals surface area contributed by atoms with Crippen LogP contribution >= 0.6 is 0 Å². The van der Waals surface area contributed by atoms with E-state index in [-0.39, 0.29) is 30.6 Å². The van der Waals surface area contributed by atoms with E-state index in [2.05, 4.69) is 27.7 Å². The molecule has 0 saturated heterocycles. The van der Waals surface area contributed by atoms with Crippen molar-refractivity contribution in [3.05, 3.63) is 0 Å². The van der Waals surface area contributed by atoms with Gasteiger partial charge in [-0.15, -0.1) is 0 Å². The summed E-state index contributed by atoms with van der Waals surface area (Å²) >= 11 is 0. The molecule has 4 heteroatoms. The van der Waals surface area contributed by atoms with Crippen molar-refractivity contribution in [3.63, 3.8) is 0 Å². The summed E-state index contributed by atoms with van der Waals surface area (Å²) in [6, 6.07) is 0. The third kappa shape index (κ3) is 8.74. The first-order valence-corrected chi connectivity index (χ1v) is 8.43. The summed E-state index contributed by atoms with van der Waals surface area (Å²) in [5.74, 6) is -0.621. The van der Waals surface area contributed by atoms with Gasteiger partial charge in [-0.2, -0.15) is 0 Å². The molecule has 0 atom stereocenters. The first-order valence-electron chi connectivity index (χ1n) is 8.43. The summed E-state index contributed by atoms with van der Waals surface area (Å²) in [7, 11) is 0. The van der Waals surface area contributed by atoms with Crippen molar-refractivity contribution in [2.75, 3.05) is 6.79 Å². The summed E-state index contributed by atoms with van der Waals surface area (Å²) in [4.78, 5) is 23.8. The molecular weight excluding hydrogens is 268 g/mol. The zero-order chi connectivity index (χ0) is 16.1. The monoisotopic (exact) mass is 300 g/mol. The van der Waals surface area contributed by atoms with E-state index in [1.54, 1.807) is 0 Å². The van der Waals surface area contributed by atoms with E-state index in [1.807, 2.05) is 0 Å². The molecule has 0 fully saturated rings. The van der Waals surface area contributed by atoms with Crippen LogP contribution in [0.2, 0.25) is 0 Å². The molecule has 0 spiro atoms. The maximum Gasteiger partial charge on any atom is 0.311 e. The van der Waals surface area contributed by atoms with E-state index in [0.717, 1.165) is 51.4 Å². The molecule has 0 aliphatic heterocycles. The predicted octanol–water partition coefficient (Wildman–Crippen LogP) is 4.46. The van der Waals surface area contributed by atoms with Crippen LogP contribution in [-0.4, -0.2) is 18.7 Å². The molecule has 0 heterocycles. The Morgan fingerprint density at radius 1 is 0.667 bits per heavy atom. The van der Waals surface area contributed by atoms with Crippen LogP contribution in [0, 0.1) is 11.8 Å². The smallest absolute Gasteiger partial charge is 0.311 e. The summed E-state index contributed by atoms with van der Waals surface area (Å²) < 4.78 is 10.2. The summed E-state index contributed by atoms with van der Waals surface area (Å²) in [6.45, 7) is 7.96. The van der Waals surface area contributed by atoms with Gasteiger partial charge in [-0.25, -0.2) is 0 Å². The summed E-state index contributed by atoms with van der Waals surface area (Å²) in [6.07, 6.45) is 7.13. The second-order valence-corrected chi connectivity index (χ2v) is 5.59. The van der Waals surface area contributed by atoms with Crippen LogP contribution in [0.15, 0.2) is 0 Å². The SMILES string of the molecule is CCCC(CCC)C(=O)OCOC(=O)C(CCC)CCC. The quantitative estimate of drug-likeness (QED) is 0.394. The van der Waals surface area contributed by atoms with Crippen molar-refractivity contribution in [2.45, 2.75) is 79.1 Å². The average molecular weight is 300 g/mol. The van der Waals surface area contributed by atoms with E-state index in [4.69, 9.17) is 9.47 Å². The Kier molecular flexibility index (Phi) is 12.0. The highest BCUT2D eigenvalue weighted by Crippen LogP contribution is 2.17. The van der Waals surface area contributed by atoms with Gasteiger partial charge in [0.2, 0.25) is 6.79 Å². The Morgan fingerprint density at radius 2 is 0.952 bits per heavy atom. The van der Waals surface area contributed by atoms with E-state index < -0.39 is 0 Å². The molecule has 0 bridgehead atoms. The molecule has 0 unspecified atom stereocenters. The van der Waals surface area contributed by atoms with Crippen LogP contribution in [0.3, 0.4) is 0 Å². The Balaban J connectivity index is 4.14. The normalized spacial score (nSPS) is 11.0. The largest absolute Gasteiger partial charge is 0.428 e. The van der Waals surface area contributed by atoms with E-state index >= 15 is 0 Å². The molecule has 0 aliphatic carbocycles. The molecule has 0 aromatic carbocycles. The van der Waals surface area contributed by atoms with E-state index in [0.29, 0.717) is 0 Å². The van der Waals surface area contributed by atoms with Crippen molar-refractivity contribution >= 4 is 11.9 Å². The van der Waals surface area contributed by atoms with Gasteiger partial charge in [0.25, 0.3) is 0 Å². The summed E-state index contributed by atoms with van der Waals surface area (Å²) in [5, 5.41) is 0. The maximum atomic E-state index is 11.9. The third-order valence-electron chi connectivity index (χ3n) is 3.62. The van der Waals surface area contributed by atoms with Gasteiger partial charge in [0, 0.05) is 0 Å². The lowest BCUT2D eigenvalue weighted by atomic mass is 9.98. The van der Waals surface area contributed by atoms with Gasteiger partial charge in [0.1, 0.15) is 0 Å². The minimum Gasteiger partial charge on any atom is -0.428 e. The molecule has 4 nitrogen and oxygen atoms in total. The Labute approximate surface area is 129 Å². The standard InChI is InChI=1S/C17H32O4/c1-5-9-14(10-6-2)16(18)20-13-21-17(19)15(11-7-3)12-8-4/h14-15H,5-13H2,1-4H3. The minimum atomic E-state index is -0.245. The van der Waals surface area contributed by atoms with Crippen molar-refractivity contribution < 1.29 is 19.1 Å². The number of rotatable bonds is 12. The first kappa shape index (κ1) is 19.9. The fourth-order valence-corrected chi connectivity index (χ4v) is 2.54. The van der Waals surface area contributed by atoms with E-state index in [9.17, 15) is 9.59 Å². The Hall–Kier alpha value is -1.06. The fraction of sp³-hybridized carbons (Fsp3) is 0.882. The lowest BCUT2D eigenvalue weighted by molar-refractivity contribution is -0.173. The first-order chi connectivity index (χ1) is 10.1. The van der Waals surface area contributed by atoms with Crippen LogP contribution in [0.4, 0.5) is 0 Å². The minimum absolute atomic E-state index is 0.0687. The van der Waals surface area contributed by atoms with Gasteiger partial charge in [-0.1, -0.05) is 53.4 Å². The molecule has 0 aromatic rings. The molecule has 124 valence electrons. The highest BCUT2D eigenvalue weighted by molar-refractivity contribution is 5.74. The van der Waals surface area contributed by atoms with Crippen LogP contribution in [0.5, 0.6) is 0 Å². The number of hydrogen-bond acceptors (Lipinski definition) is 4. The number of esters is 2. The maximum absolute atomic E-state index is 11.9. The average Bonchev–Trinajstić information content (AvgIpc) is 2.46. The third-order valence-corrected chi connectivity index (χ3v) is 3.62. The highest BCUT2D eigenvalue weighted by Gasteiger charge is 2.21. The van der Waals surface area contributed by atoms with Crippen LogP contribution in [0.1, 0.15) is 79.1 Å². The van der Waals surface area contributed by atoms with Gasteiger partial charge in [-0.05, 0) is 25.7 Å². The lowest BCUT2D eigenvalue weighted by Crippen LogP contribution is -2.23. The topological polar surface area (TPSA) is 52.6 Å². The lowest BCUT2D eigenvalue weighted by Gasteiger charge is -2.16. The Bertz CT molecular complexity index is 249. The number of carbonyl (C=O) groups is 2. The van der Waals surface area contributed by atoms with E-state index in [1.165, 1.54) is 0 Å². The van der Waals surface area contributed by atoms with Crippen molar-refractivity contribution in [1.82, 2.24) is 0 Å². The van der Waals surface area contributed by atoms with Gasteiger partial charge < -0.3 is 9.47 Å². The van der Waals surface area contributed by atoms with Gasteiger partial charge >= 0.3 is 11.9 Å². The second-order valence-electron chi connectivity index (χ2n) is 5.59. The summed E-state index contributed by atoms with van der Waals surface area (Å²) in [5.41, 5.74) is 0. The molecule has 0 saturated carbocycles. The molecular formula is C17H32O4. The molecule has 21 heavy (non-hydrogen) atoms. The molecule has 0 rings (SSSR count). The van der Waals surface area contributed by atoms with Gasteiger partial charge in [0.15, 0.2) is 0 Å². The van der Waals surface area contributed by atoms with Gasteiger partial charge in [0.05, 0.1) is 11.8 Å². The zero-order valence-electron chi connectivity index (χ0n) is 14.2. The van der Waals surface area contributed by atoms with Crippen molar-refractivity contribution in [3.8, 4) is 0 Å².